The monoisotopic (exact) mass is 404 g/mol. The van der Waals surface area contributed by atoms with Crippen molar-refractivity contribution in [3.63, 3.8) is 0 Å². The van der Waals surface area contributed by atoms with Gasteiger partial charge in [-0.1, -0.05) is 18.2 Å². The molecule has 148 valence electrons. The van der Waals surface area contributed by atoms with E-state index in [9.17, 15) is 16.8 Å². The van der Waals surface area contributed by atoms with Crippen LogP contribution in [0.1, 0.15) is 18.9 Å². The summed E-state index contributed by atoms with van der Waals surface area (Å²) in [7, 11) is -1.99. The van der Waals surface area contributed by atoms with Crippen LogP contribution in [0.25, 0.3) is 0 Å². The average Bonchev–Trinajstić information content (AvgIpc) is 2.56. The predicted molar refractivity (Wildman–Crippen MR) is 104 cm³/mol. The van der Waals surface area contributed by atoms with Gasteiger partial charge in [-0.05, 0) is 25.0 Å². The van der Waals surface area contributed by atoms with E-state index in [1.165, 1.54) is 24.7 Å². The van der Waals surface area contributed by atoms with E-state index in [1.54, 1.807) is 31.3 Å². The summed E-state index contributed by atoms with van der Waals surface area (Å²) in [6.07, 6.45) is 1.65. The molecule has 0 aliphatic heterocycles. The van der Waals surface area contributed by atoms with Crippen molar-refractivity contribution >= 4 is 25.8 Å². The Morgan fingerprint density at radius 3 is 2.35 bits per heavy atom. The van der Waals surface area contributed by atoms with Gasteiger partial charge in [-0.2, -0.15) is 0 Å². The van der Waals surface area contributed by atoms with Crippen molar-refractivity contribution in [2.75, 3.05) is 33.2 Å². The number of nitrogens with zero attached hydrogens (tertiary/aromatic N) is 2. The first kappa shape index (κ1) is 22.4. The molecule has 0 aliphatic rings. The van der Waals surface area contributed by atoms with Gasteiger partial charge in [0.2, 0.25) is 10.0 Å². The summed E-state index contributed by atoms with van der Waals surface area (Å²) in [5.41, 5.74) is 0.618. The summed E-state index contributed by atoms with van der Waals surface area (Å²) < 4.78 is 48.5. The van der Waals surface area contributed by atoms with E-state index in [4.69, 9.17) is 0 Å². The molecule has 0 fully saturated rings. The molecule has 8 nitrogen and oxygen atoms in total. The second-order valence-electron chi connectivity index (χ2n) is 6.28. The number of sulfonamides is 1. The van der Waals surface area contributed by atoms with Gasteiger partial charge in [0.15, 0.2) is 5.96 Å². The van der Waals surface area contributed by atoms with Crippen LogP contribution in [-0.2, 0) is 26.4 Å². The highest BCUT2D eigenvalue weighted by Crippen LogP contribution is 2.18. The van der Waals surface area contributed by atoms with E-state index >= 15 is 0 Å². The van der Waals surface area contributed by atoms with Crippen LogP contribution < -0.4 is 10.6 Å². The quantitative estimate of drug-likeness (QED) is 0.480. The highest BCUT2D eigenvalue weighted by atomic mass is 32.2. The molecule has 1 rings (SSSR count). The number of benzene rings is 1. The number of hydrogen-bond donors (Lipinski definition) is 2. The van der Waals surface area contributed by atoms with Crippen molar-refractivity contribution in [3.05, 3.63) is 29.8 Å². The van der Waals surface area contributed by atoms with Gasteiger partial charge < -0.3 is 10.6 Å². The molecule has 0 heterocycles. The minimum atomic E-state index is -3.54. The minimum Gasteiger partial charge on any atom is -0.354 e. The third kappa shape index (κ3) is 6.93. The lowest BCUT2D eigenvalue weighted by atomic mass is 10.2. The number of aliphatic imine (C=N–C) groups is 1. The van der Waals surface area contributed by atoms with Crippen LogP contribution in [0.15, 0.2) is 34.2 Å². The largest absolute Gasteiger partial charge is 0.354 e. The Labute approximate surface area is 156 Å². The summed E-state index contributed by atoms with van der Waals surface area (Å²) >= 11 is 0. The molecule has 1 unspecified atom stereocenters. The van der Waals surface area contributed by atoms with Crippen LogP contribution in [0, 0.1) is 0 Å². The van der Waals surface area contributed by atoms with E-state index in [1.807, 2.05) is 6.92 Å². The molecular formula is C16H28N4O4S2. The maximum absolute atomic E-state index is 12.4. The SMILES string of the molecule is CN=C(NCc1ccccc1S(=O)(=O)N(C)C)NC(C)CCS(C)(=O)=O. The second kappa shape index (κ2) is 9.33. The Hall–Kier alpha value is -1.65. The average molecular weight is 405 g/mol. The lowest BCUT2D eigenvalue weighted by Crippen LogP contribution is -2.42. The van der Waals surface area contributed by atoms with E-state index in [-0.39, 0.29) is 23.2 Å². The molecule has 2 N–H and O–H groups in total. The first-order valence-corrected chi connectivity index (χ1v) is 11.6. The van der Waals surface area contributed by atoms with Crippen molar-refractivity contribution in [1.29, 1.82) is 0 Å². The summed E-state index contributed by atoms with van der Waals surface area (Å²) in [6, 6.07) is 6.66. The molecule has 0 bridgehead atoms. The molecule has 0 radical (unpaired) electrons. The minimum absolute atomic E-state index is 0.0854. The fourth-order valence-corrected chi connectivity index (χ4v) is 4.07. The predicted octanol–water partition coefficient (Wildman–Crippen LogP) is 0.425. The number of hydrogen-bond acceptors (Lipinski definition) is 5. The van der Waals surface area contributed by atoms with Crippen molar-refractivity contribution in [3.8, 4) is 0 Å². The highest BCUT2D eigenvalue weighted by molar-refractivity contribution is 7.90. The summed E-state index contributed by atoms with van der Waals surface area (Å²) in [5.74, 6) is 0.560. The zero-order valence-electron chi connectivity index (χ0n) is 15.9. The van der Waals surface area contributed by atoms with Gasteiger partial charge in [-0.15, -0.1) is 0 Å². The van der Waals surface area contributed by atoms with Crippen LogP contribution >= 0.6 is 0 Å². The lowest BCUT2D eigenvalue weighted by molar-refractivity contribution is 0.519. The maximum atomic E-state index is 12.4. The standard InChI is InChI=1S/C16H28N4O4S2/c1-13(10-11-25(5,21)22)19-16(17-2)18-12-14-8-6-7-9-15(14)26(23,24)20(3)4/h6-9,13H,10-12H2,1-5H3,(H2,17,18,19). The molecule has 0 aliphatic carbocycles. The molecule has 0 spiro atoms. The van der Waals surface area contributed by atoms with Gasteiger partial charge in [-0.3, -0.25) is 4.99 Å². The van der Waals surface area contributed by atoms with Gasteiger partial charge in [0.25, 0.3) is 0 Å². The normalized spacial score (nSPS) is 14.3. The van der Waals surface area contributed by atoms with Gasteiger partial charge >= 0.3 is 0 Å². The van der Waals surface area contributed by atoms with Crippen LogP contribution in [0.5, 0.6) is 0 Å². The number of nitrogens with one attached hydrogen (secondary N) is 2. The van der Waals surface area contributed by atoms with Crippen molar-refractivity contribution in [2.45, 2.75) is 30.8 Å². The van der Waals surface area contributed by atoms with Gasteiger partial charge in [0.05, 0.1) is 10.6 Å². The second-order valence-corrected chi connectivity index (χ2v) is 10.7. The van der Waals surface area contributed by atoms with Gasteiger partial charge in [-0.25, -0.2) is 21.1 Å². The molecule has 0 aromatic heterocycles. The smallest absolute Gasteiger partial charge is 0.242 e. The van der Waals surface area contributed by atoms with E-state index in [0.29, 0.717) is 17.9 Å². The first-order chi connectivity index (χ1) is 12.0. The van der Waals surface area contributed by atoms with Crippen molar-refractivity contribution < 1.29 is 16.8 Å². The van der Waals surface area contributed by atoms with E-state index in [2.05, 4.69) is 15.6 Å². The first-order valence-electron chi connectivity index (χ1n) is 8.12. The molecule has 0 saturated heterocycles. The van der Waals surface area contributed by atoms with Crippen LogP contribution in [0.2, 0.25) is 0 Å². The van der Waals surface area contributed by atoms with Crippen LogP contribution in [0.3, 0.4) is 0 Å². The molecule has 1 atom stereocenters. The Kier molecular flexibility index (Phi) is 8.04. The third-order valence-corrected chi connectivity index (χ3v) is 6.60. The zero-order valence-corrected chi connectivity index (χ0v) is 17.5. The fraction of sp³-hybridized carbons (Fsp3) is 0.562. The van der Waals surface area contributed by atoms with Gasteiger partial charge in [0.1, 0.15) is 9.84 Å². The number of sulfone groups is 1. The molecule has 1 aromatic carbocycles. The Balaban J connectivity index is 2.79. The molecule has 10 heteroatoms. The third-order valence-electron chi connectivity index (χ3n) is 3.71. The highest BCUT2D eigenvalue weighted by Gasteiger charge is 2.20. The Morgan fingerprint density at radius 2 is 1.81 bits per heavy atom. The molecular weight excluding hydrogens is 376 g/mol. The molecule has 0 saturated carbocycles. The van der Waals surface area contributed by atoms with E-state index in [0.717, 1.165) is 0 Å². The number of rotatable bonds is 8. The van der Waals surface area contributed by atoms with Crippen molar-refractivity contribution in [1.82, 2.24) is 14.9 Å². The van der Waals surface area contributed by atoms with Gasteiger partial charge in [0, 0.05) is 40.0 Å². The van der Waals surface area contributed by atoms with Crippen LogP contribution in [0.4, 0.5) is 0 Å². The Bertz CT molecular complexity index is 834. The van der Waals surface area contributed by atoms with E-state index < -0.39 is 19.9 Å². The molecule has 1 aromatic rings. The fourth-order valence-electron chi connectivity index (χ4n) is 2.17. The lowest BCUT2D eigenvalue weighted by Gasteiger charge is -2.19. The van der Waals surface area contributed by atoms with Crippen molar-refractivity contribution in [2.24, 2.45) is 4.99 Å². The zero-order chi connectivity index (χ0) is 20.0. The molecule has 0 amide bonds. The summed E-state index contributed by atoms with van der Waals surface area (Å²) in [5, 5.41) is 6.18. The number of guanidine groups is 1. The summed E-state index contributed by atoms with van der Waals surface area (Å²) in [6.45, 7) is 2.13. The topological polar surface area (TPSA) is 108 Å². The summed E-state index contributed by atoms with van der Waals surface area (Å²) in [4.78, 5) is 4.33. The Morgan fingerprint density at radius 1 is 1.19 bits per heavy atom. The molecule has 26 heavy (non-hydrogen) atoms. The maximum Gasteiger partial charge on any atom is 0.242 e. The van der Waals surface area contributed by atoms with Crippen LogP contribution in [-0.4, -0.2) is 66.3 Å².